The Morgan fingerprint density at radius 3 is 2.56 bits per heavy atom. The molecule has 0 aliphatic rings. The molecule has 1 aromatic carbocycles. The number of nitrogens with zero attached hydrogens (tertiary/aromatic N) is 1. The average molecular weight is 305 g/mol. The maximum Gasteiger partial charge on any atom is 0.126 e. The van der Waals surface area contributed by atoms with Crippen LogP contribution in [0.2, 0.25) is 10.0 Å². The standard InChI is InChI=1S/C12H11Cl2FN2S/c1-2-11-17-8(6-18-11)5-16-12-9(13)3-7(15)4-10(12)14/h3-4,6,16H,2,5H2,1H3. The van der Waals surface area contributed by atoms with Crippen molar-refractivity contribution in [1.82, 2.24) is 4.98 Å². The minimum absolute atomic E-state index is 0.269. The fourth-order valence-corrected chi connectivity index (χ4v) is 2.82. The number of hydrogen-bond donors (Lipinski definition) is 1. The Balaban J connectivity index is 2.10. The van der Waals surface area contributed by atoms with Crippen molar-refractivity contribution in [3.05, 3.63) is 44.1 Å². The van der Waals surface area contributed by atoms with Gasteiger partial charge in [0.1, 0.15) is 5.82 Å². The molecule has 1 N–H and O–H groups in total. The van der Waals surface area contributed by atoms with Crippen molar-refractivity contribution in [2.75, 3.05) is 5.32 Å². The van der Waals surface area contributed by atoms with Crippen LogP contribution in [0.3, 0.4) is 0 Å². The van der Waals surface area contributed by atoms with Crippen molar-refractivity contribution in [1.29, 1.82) is 0 Å². The van der Waals surface area contributed by atoms with Crippen LogP contribution in [-0.2, 0) is 13.0 Å². The van der Waals surface area contributed by atoms with Crippen LogP contribution in [0.15, 0.2) is 17.5 Å². The van der Waals surface area contributed by atoms with E-state index in [1.165, 1.54) is 12.1 Å². The fourth-order valence-electron chi connectivity index (χ4n) is 1.48. The predicted octanol–water partition coefficient (Wildman–Crippen LogP) is 4.76. The zero-order valence-corrected chi connectivity index (χ0v) is 12.0. The molecule has 0 atom stereocenters. The van der Waals surface area contributed by atoms with Crippen LogP contribution in [0.4, 0.5) is 10.1 Å². The number of aryl methyl sites for hydroxylation is 1. The number of aromatic nitrogens is 1. The first kappa shape index (κ1) is 13.6. The second-order valence-electron chi connectivity index (χ2n) is 3.68. The van der Waals surface area contributed by atoms with Crippen LogP contribution in [-0.4, -0.2) is 4.98 Å². The molecule has 0 saturated heterocycles. The molecule has 0 amide bonds. The Morgan fingerprint density at radius 2 is 2.00 bits per heavy atom. The third-order valence-electron chi connectivity index (χ3n) is 2.35. The summed E-state index contributed by atoms with van der Waals surface area (Å²) in [7, 11) is 0. The molecule has 0 unspecified atom stereocenters. The Hall–Kier alpha value is -0.840. The van der Waals surface area contributed by atoms with Gasteiger partial charge in [-0.2, -0.15) is 0 Å². The lowest BCUT2D eigenvalue weighted by molar-refractivity contribution is 0.628. The molecule has 96 valence electrons. The third kappa shape index (κ3) is 3.13. The summed E-state index contributed by atoms with van der Waals surface area (Å²) in [5.74, 6) is -0.447. The summed E-state index contributed by atoms with van der Waals surface area (Å²) in [6, 6.07) is 2.46. The van der Waals surface area contributed by atoms with E-state index in [1.54, 1.807) is 11.3 Å². The normalized spacial score (nSPS) is 10.7. The number of anilines is 1. The van der Waals surface area contributed by atoms with Gasteiger partial charge in [0, 0.05) is 5.38 Å². The second kappa shape index (κ2) is 5.87. The Labute approximate surface area is 119 Å². The SMILES string of the molecule is CCc1nc(CNc2c(Cl)cc(F)cc2Cl)cs1. The van der Waals surface area contributed by atoms with Crippen LogP contribution in [0.1, 0.15) is 17.6 Å². The van der Waals surface area contributed by atoms with E-state index in [1.807, 2.05) is 5.38 Å². The molecule has 0 aliphatic carbocycles. The summed E-state index contributed by atoms with van der Waals surface area (Å²) in [6.07, 6.45) is 0.919. The molecule has 1 aromatic heterocycles. The molecular formula is C12H11Cl2FN2S. The number of thiazole rings is 1. The van der Waals surface area contributed by atoms with Gasteiger partial charge in [-0.05, 0) is 18.6 Å². The lowest BCUT2D eigenvalue weighted by Crippen LogP contribution is -2.01. The van der Waals surface area contributed by atoms with E-state index in [0.29, 0.717) is 12.2 Å². The first-order valence-corrected chi connectivity index (χ1v) is 7.05. The summed E-state index contributed by atoms with van der Waals surface area (Å²) in [4.78, 5) is 4.42. The highest BCUT2D eigenvalue weighted by molar-refractivity contribution is 7.09. The zero-order chi connectivity index (χ0) is 13.1. The minimum atomic E-state index is -0.447. The van der Waals surface area contributed by atoms with Gasteiger partial charge in [-0.3, -0.25) is 0 Å². The molecule has 0 radical (unpaired) electrons. The summed E-state index contributed by atoms with van der Waals surface area (Å²) in [6.45, 7) is 2.57. The average Bonchev–Trinajstić information content (AvgIpc) is 2.75. The molecule has 18 heavy (non-hydrogen) atoms. The van der Waals surface area contributed by atoms with Gasteiger partial charge in [0.2, 0.25) is 0 Å². The molecule has 0 saturated carbocycles. The monoisotopic (exact) mass is 304 g/mol. The molecule has 6 heteroatoms. The Bertz CT molecular complexity index is 534. The summed E-state index contributed by atoms with van der Waals surface area (Å²) in [5.41, 5.74) is 1.46. The van der Waals surface area contributed by atoms with Gasteiger partial charge < -0.3 is 5.32 Å². The molecule has 0 spiro atoms. The lowest BCUT2D eigenvalue weighted by Gasteiger charge is -2.09. The van der Waals surface area contributed by atoms with Gasteiger partial charge in [-0.1, -0.05) is 30.1 Å². The number of benzene rings is 1. The largest absolute Gasteiger partial charge is 0.377 e. The highest BCUT2D eigenvalue weighted by Gasteiger charge is 2.09. The van der Waals surface area contributed by atoms with Crippen molar-refractivity contribution in [2.45, 2.75) is 19.9 Å². The van der Waals surface area contributed by atoms with Gasteiger partial charge in [0.15, 0.2) is 0 Å². The zero-order valence-electron chi connectivity index (χ0n) is 9.64. The van der Waals surface area contributed by atoms with Crippen molar-refractivity contribution in [3.63, 3.8) is 0 Å². The molecule has 0 fully saturated rings. The second-order valence-corrected chi connectivity index (χ2v) is 5.44. The maximum absolute atomic E-state index is 13.0. The first-order chi connectivity index (χ1) is 8.60. The van der Waals surface area contributed by atoms with Crippen LogP contribution in [0.5, 0.6) is 0 Å². The van der Waals surface area contributed by atoms with E-state index < -0.39 is 5.82 Å². The van der Waals surface area contributed by atoms with Gasteiger partial charge in [0.05, 0.1) is 33.0 Å². The number of rotatable bonds is 4. The number of hydrogen-bond acceptors (Lipinski definition) is 3. The van der Waals surface area contributed by atoms with Crippen molar-refractivity contribution in [2.24, 2.45) is 0 Å². The van der Waals surface area contributed by atoms with E-state index >= 15 is 0 Å². The molecular weight excluding hydrogens is 294 g/mol. The van der Waals surface area contributed by atoms with Gasteiger partial charge in [-0.15, -0.1) is 11.3 Å². The van der Waals surface area contributed by atoms with Gasteiger partial charge in [0.25, 0.3) is 0 Å². The van der Waals surface area contributed by atoms with Crippen molar-refractivity contribution < 1.29 is 4.39 Å². The molecule has 2 rings (SSSR count). The molecule has 1 heterocycles. The molecule has 2 aromatic rings. The summed E-state index contributed by atoms with van der Waals surface area (Å²) in [5, 5.41) is 6.68. The van der Waals surface area contributed by atoms with Crippen LogP contribution in [0.25, 0.3) is 0 Å². The van der Waals surface area contributed by atoms with E-state index in [2.05, 4.69) is 17.2 Å². The number of halogens is 3. The minimum Gasteiger partial charge on any atom is -0.377 e. The van der Waals surface area contributed by atoms with Gasteiger partial charge >= 0.3 is 0 Å². The van der Waals surface area contributed by atoms with Crippen molar-refractivity contribution in [3.8, 4) is 0 Å². The third-order valence-corrected chi connectivity index (χ3v) is 3.99. The van der Waals surface area contributed by atoms with E-state index in [9.17, 15) is 4.39 Å². The molecule has 0 bridgehead atoms. The highest BCUT2D eigenvalue weighted by atomic mass is 35.5. The van der Waals surface area contributed by atoms with E-state index in [-0.39, 0.29) is 10.0 Å². The molecule has 2 nitrogen and oxygen atoms in total. The highest BCUT2D eigenvalue weighted by Crippen LogP contribution is 2.31. The van der Waals surface area contributed by atoms with Gasteiger partial charge in [-0.25, -0.2) is 9.37 Å². The van der Waals surface area contributed by atoms with Crippen LogP contribution in [0, 0.1) is 5.82 Å². The maximum atomic E-state index is 13.0. The van der Waals surface area contributed by atoms with E-state index in [0.717, 1.165) is 17.1 Å². The smallest absolute Gasteiger partial charge is 0.126 e. The van der Waals surface area contributed by atoms with Crippen LogP contribution >= 0.6 is 34.5 Å². The first-order valence-electron chi connectivity index (χ1n) is 5.42. The summed E-state index contributed by atoms with van der Waals surface area (Å²) < 4.78 is 13.0. The van der Waals surface area contributed by atoms with E-state index in [4.69, 9.17) is 23.2 Å². The quantitative estimate of drug-likeness (QED) is 0.880. The van der Waals surface area contributed by atoms with Crippen molar-refractivity contribution >= 4 is 40.2 Å². The topological polar surface area (TPSA) is 24.9 Å². The summed E-state index contributed by atoms with van der Waals surface area (Å²) >= 11 is 13.5. The lowest BCUT2D eigenvalue weighted by atomic mass is 10.3. The Morgan fingerprint density at radius 1 is 1.33 bits per heavy atom. The van der Waals surface area contributed by atoms with Crippen LogP contribution < -0.4 is 5.32 Å². The fraction of sp³-hybridized carbons (Fsp3) is 0.250. The number of nitrogens with one attached hydrogen (secondary N) is 1. The molecule has 0 aliphatic heterocycles. The predicted molar refractivity (Wildman–Crippen MR) is 75.2 cm³/mol. The Kier molecular flexibility index (Phi) is 4.43.